The van der Waals surface area contributed by atoms with E-state index in [1.165, 1.54) is 18.4 Å². The number of hydrogen-bond acceptors (Lipinski definition) is 5. The zero-order valence-electron chi connectivity index (χ0n) is 16.6. The third-order valence-corrected chi connectivity index (χ3v) is 6.27. The summed E-state index contributed by atoms with van der Waals surface area (Å²) < 4.78 is 42.9. The Kier molecular flexibility index (Phi) is 4.40. The molecule has 160 valence electrons. The standard InChI is InChI=1S/C20H17F3N6OS/c1-27-17(20(21,22)23)8-14(25-27)18-12-5-6-29(9-15(12)26-28(18)2)19(30)11-3-4-13-16(7-11)31-10-24-13/h3-4,7-8,10H,5-6,9H2,1-2H3. The van der Waals surface area contributed by atoms with E-state index in [2.05, 4.69) is 15.2 Å². The Morgan fingerprint density at radius 1 is 1.13 bits per heavy atom. The SMILES string of the molecule is Cn1nc(-c2c3c(nn2C)CN(C(=O)c2ccc4ncsc4c2)CC3)cc1C(F)(F)F. The van der Waals surface area contributed by atoms with Gasteiger partial charge in [-0.25, -0.2) is 4.98 Å². The number of hydrogen-bond donors (Lipinski definition) is 0. The lowest BCUT2D eigenvalue weighted by atomic mass is 10.0. The zero-order valence-corrected chi connectivity index (χ0v) is 17.5. The van der Waals surface area contributed by atoms with Gasteiger partial charge < -0.3 is 4.90 Å². The van der Waals surface area contributed by atoms with Crippen LogP contribution < -0.4 is 0 Å². The van der Waals surface area contributed by atoms with E-state index < -0.39 is 11.9 Å². The first-order valence-electron chi connectivity index (χ1n) is 9.51. The van der Waals surface area contributed by atoms with Gasteiger partial charge in [0.25, 0.3) is 5.91 Å². The maximum absolute atomic E-state index is 13.2. The number of carbonyl (C=O) groups excluding carboxylic acids is 1. The smallest absolute Gasteiger partial charge is 0.332 e. The van der Waals surface area contributed by atoms with Crippen molar-refractivity contribution in [3.8, 4) is 11.4 Å². The molecule has 0 bridgehead atoms. The molecule has 1 aliphatic heterocycles. The van der Waals surface area contributed by atoms with Gasteiger partial charge in [0, 0.05) is 31.8 Å². The molecule has 0 unspecified atom stereocenters. The normalized spacial score (nSPS) is 14.3. The molecule has 0 aliphatic carbocycles. The van der Waals surface area contributed by atoms with Gasteiger partial charge in [-0.05, 0) is 30.7 Å². The van der Waals surface area contributed by atoms with Gasteiger partial charge in [-0.3, -0.25) is 14.2 Å². The molecule has 0 saturated heterocycles. The fourth-order valence-electron chi connectivity index (χ4n) is 4.03. The molecule has 4 heterocycles. The molecular formula is C20H17F3N6OS. The number of rotatable bonds is 2. The summed E-state index contributed by atoms with van der Waals surface area (Å²) in [4.78, 5) is 19.0. The van der Waals surface area contributed by atoms with Gasteiger partial charge in [0.15, 0.2) is 0 Å². The molecule has 1 amide bonds. The Hall–Kier alpha value is -3.21. The second-order valence-electron chi connectivity index (χ2n) is 7.45. The Bertz CT molecular complexity index is 1320. The molecule has 0 radical (unpaired) electrons. The molecule has 1 aliphatic rings. The summed E-state index contributed by atoms with van der Waals surface area (Å²) in [7, 11) is 2.95. The number of halogens is 3. The molecule has 0 N–H and O–H groups in total. The molecule has 0 saturated carbocycles. The van der Waals surface area contributed by atoms with Crippen LogP contribution in [-0.4, -0.2) is 41.9 Å². The van der Waals surface area contributed by atoms with Crippen LogP contribution in [0.5, 0.6) is 0 Å². The van der Waals surface area contributed by atoms with E-state index in [1.54, 1.807) is 28.2 Å². The predicted molar refractivity (Wildman–Crippen MR) is 108 cm³/mol. The molecule has 31 heavy (non-hydrogen) atoms. The number of carbonyl (C=O) groups is 1. The minimum absolute atomic E-state index is 0.106. The Labute approximate surface area is 178 Å². The van der Waals surface area contributed by atoms with Crippen molar-refractivity contribution in [1.82, 2.24) is 29.4 Å². The summed E-state index contributed by atoms with van der Waals surface area (Å²) in [5.41, 5.74) is 4.64. The van der Waals surface area contributed by atoms with E-state index in [0.29, 0.717) is 36.5 Å². The van der Waals surface area contributed by atoms with E-state index in [1.807, 2.05) is 12.1 Å². The van der Waals surface area contributed by atoms with Gasteiger partial charge in [-0.15, -0.1) is 11.3 Å². The van der Waals surface area contributed by atoms with Crippen LogP contribution in [0.15, 0.2) is 29.8 Å². The van der Waals surface area contributed by atoms with Crippen LogP contribution in [0.1, 0.15) is 27.3 Å². The van der Waals surface area contributed by atoms with Crippen molar-refractivity contribution in [2.24, 2.45) is 14.1 Å². The summed E-state index contributed by atoms with van der Waals surface area (Å²) in [5.74, 6) is -0.106. The molecule has 0 spiro atoms. The predicted octanol–water partition coefficient (Wildman–Crippen LogP) is 3.65. The average molecular weight is 446 g/mol. The van der Waals surface area contributed by atoms with Crippen LogP contribution in [0.3, 0.4) is 0 Å². The van der Waals surface area contributed by atoms with Crippen molar-refractivity contribution >= 4 is 27.5 Å². The maximum atomic E-state index is 13.2. The van der Waals surface area contributed by atoms with E-state index in [4.69, 9.17) is 0 Å². The average Bonchev–Trinajstić information content (AvgIpc) is 3.41. The van der Waals surface area contributed by atoms with E-state index in [9.17, 15) is 18.0 Å². The highest BCUT2D eigenvalue weighted by Crippen LogP contribution is 2.35. The topological polar surface area (TPSA) is 68.8 Å². The largest absolute Gasteiger partial charge is 0.433 e. The molecule has 0 fully saturated rings. The quantitative estimate of drug-likeness (QED) is 0.472. The minimum Gasteiger partial charge on any atom is -0.332 e. The lowest BCUT2D eigenvalue weighted by Crippen LogP contribution is -2.35. The Morgan fingerprint density at radius 2 is 1.94 bits per heavy atom. The van der Waals surface area contributed by atoms with Crippen LogP contribution in [0, 0.1) is 0 Å². The van der Waals surface area contributed by atoms with Crippen molar-refractivity contribution in [1.29, 1.82) is 0 Å². The highest BCUT2D eigenvalue weighted by Gasteiger charge is 2.36. The third kappa shape index (κ3) is 3.29. The van der Waals surface area contributed by atoms with E-state index in [-0.39, 0.29) is 11.6 Å². The molecule has 7 nitrogen and oxygen atoms in total. The van der Waals surface area contributed by atoms with Crippen molar-refractivity contribution < 1.29 is 18.0 Å². The van der Waals surface area contributed by atoms with Crippen LogP contribution in [-0.2, 0) is 33.2 Å². The Balaban J connectivity index is 1.45. The van der Waals surface area contributed by atoms with Crippen LogP contribution in [0.2, 0.25) is 0 Å². The van der Waals surface area contributed by atoms with Crippen LogP contribution >= 0.6 is 11.3 Å². The lowest BCUT2D eigenvalue weighted by Gasteiger charge is -2.26. The summed E-state index contributed by atoms with van der Waals surface area (Å²) in [6.45, 7) is 0.742. The fraction of sp³-hybridized carbons (Fsp3) is 0.300. The number of fused-ring (bicyclic) bond motifs is 2. The van der Waals surface area contributed by atoms with Crippen LogP contribution in [0.25, 0.3) is 21.6 Å². The molecule has 3 aromatic heterocycles. The summed E-state index contributed by atoms with van der Waals surface area (Å²) in [6, 6.07) is 6.46. The van der Waals surface area contributed by atoms with Gasteiger partial charge in [0.05, 0.1) is 33.7 Å². The highest BCUT2D eigenvalue weighted by molar-refractivity contribution is 7.16. The van der Waals surface area contributed by atoms with Gasteiger partial charge in [-0.1, -0.05) is 0 Å². The highest BCUT2D eigenvalue weighted by atomic mass is 32.1. The number of nitrogens with zero attached hydrogens (tertiary/aromatic N) is 6. The molecule has 11 heteroatoms. The lowest BCUT2D eigenvalue weighted by molar-refractivity contribution is -0.143. The van der Waals surface area contributed by atoms with Gasteiger partial charge in [0.1, 0.15) is 11.4 Å². The van der Waals surface area contributed by atoms with Gasteiger partial charge in [0.2, 0.25) is 0 Å². The second kappa shape index (κ2) is 6.91. The number of benzene rings is 1. The molecule has 1 aromatic carbocycles. The van der Waals surface area contributed by atoms with Crippen molar-refractivity contribution in [3.05, 3.63) is 52.3 Å². The van der Waals surface area contributed by atoms with Gasteiger partial charge >= 0.3 is 6.18 Å². The number of aromatic nitrogens is 5. The first-order valence-corrected chi connectivity index (χ1v) is 10.4. The summed E-state index contributed by atoms with van der Waals surface area (Å²) in [5, 5.41) is 8.55. The number of aryl methyl sites for hydroxylation is 2. The van der Waals surface area contributed by atoms with E-state index >= 15 is 0 Å². The summed E-state index contributed by atoms with van der Waals surface area (Å²) >= 11 is 1.48. The van der Waals surface area contributed by atoms with Crippen LogP contribution in [0.4, 0.5) is 13.2 Å². The van der Waals surface area contributed by atoms with Crippen molar-refractivity contribution in [3.63, 3.8) is 0 Å². The molecule has 0 atom stereocenters. The van der Waals surface area contributed by atoms with Gasteiger partial charge in [-0.2, -0.15) is 23.4 Å². The monoisotopic (exact) mass is 446 g/mol. The van der Waals surface area contributed by atoms with Crippen molar-refractivity contribution in [2.75, 3.05) is 6.54 Å². The molecule has 4 aromatic rings. The van der Waals surface area contributed by atoms with E-state index in [0.717, 1.165) is 26.5 Å². The molecule has 5 rings (SSSR count). The summed E-state index contributed by atoms with van der Waals surface area (Å²) in [6.07, 6.45) is -3.99. The molecular weight excluding hydrogens is 429 g/mol. The zero-order chi connectivity index (χ0) is 21.9. The number of alkyl halides is 3. The third-order valence-electron chi connectivity index (χ3n) is 5.48. The minimum atomic E-state index is -4.49. The first-order chi connectivity index (χ1) is 14.7. The Morgan fingerprint density at radius 3 is 2.68 bits per heavy atom. The first kappa shape index (κ1) is 19.7. The number of amides is 1. The maximum Gasteiger partial charge on any atom is 0.433 e. The van der Waals surface area contributed by atoms with Crippen molar-refractivity contribution in [2.45, 2.75) is 19.1 Å². The fourth-order valence-corrected chi connectivity index (χ4v) is 4.75. The number of thiazole rings is 1. The second-order valence-corrected chi connectivity index (χ2v) is 8.33.